The highest BCUT2D eigenvalue weighted by molar-refractivity contribution is 7.89. The Morgan fingerprint density at radius 2 is 1.78 bits per heavy atom. The molecule has 6 heteroatoms. The van der Waals surface area contributed by atoms with E-state index < -0.39 is 10.0 Å². The van der Waals surface area contributed by atoms with Gasteiger partial charge in [-0.3, -0.25) is 4.79 Å². The largest absolute Gasteiger partial charge is 0.308 e. The van der Waals surface area contributed by atoms with Crippen molar-refractivity contribution in [2.24, 2.45) is 0 Å². The van der Waals surface area contributed by atoms with Crippen molar-refractivity contribution in [1.29, 1.82) is 0 Å². The number of hydrogen-bond donors (Lipinski definition) is 1. The van der Waals surface area contributed by atoms with Crippen LogP contribution in [0.15, 0.2) is 59.5 Å². The fourth-order valence-corrected chi connectivity index (χ4v) is 4.83. The lowest BCUT2D eigenvalue weighted by Gasteiger charge is -2.15. The topological polar surface area (TPSA) is 66.5 Å². The Morgan fingerprint density at radius 1 is 1.00 bits per heavy atom. The van der Waals surface area contributed by atoms with Gasteiger partial charge in [-0.15, -0.1) is 0 Å². The van der Waals surface area contributed by atoms with Crippen LogP contribution in [0.25, 0.3) is 10.8 Å². The van der Waals surface area contributed by atoms with Gasteiger partial charge in [-0.2, -0.15) is 0 Å². The summed E-state index contributed by atoms with van der Waals surface area (Å²) in [4.78, 5) is 14.5. The van der Waals surface area contributed by atoms with Crippen molar-refractivity contribution in [3.05, 3.63) is 71.3 Å². The van der Waals surface area contributed by atoms with Gasteiger partial charge in [0.25, 0.3) is 5.91 Å². The number of carbonyl (C=O) groups excluding carboxylic acids is 1. The minimum absolute atomic E-state index is 0.0829. The van der Waals surface area contributed by atoms with Crippen molar-refractivity contribution in [2.75, 3.05) is 11.4 Å². The predicted molar refractivity (Wildman–Crippen MR) is 107 cm³/mol. The number of anilines is 1. The van der Waals surface area contributed by atoms with Gasteiger partial charge in [0.2, 0.25) is 10.0 Å². The highest BCUT2D eigenvalue weighted by Crippen LogP contribution is 2.39. The average Bonchev–Trinajstić information content (AvgIpc) is 2.94. The summed E-state index contributed by atoms with van der Waals surface area (Å²) in [5.41, 5.74) is 3.29. The van der Waals surface area contributed by atoms with Crippen molar-refractivity contribution in [1.82, 2.24) is 4.72 Å². The van der Waals surface area contributed by atoms with E-state index in [-0.39, 0.29) is 17.3 Å². The number of sulfonamides is 1. The Kier molecular flexibility index (Phi) is 4.25. The monoisotopic (exact) mass is 380 g/mol. The van der Waals surface area contributed by atoms with Crippen molar-refractivity contribution in [3.8, 4) is 0 Å². The van der Waals surface area contributed by atoms with Crippen LogP contribution in [-0.2, 0) is 16.6 Å². The van der Waals surface area contributed by atoms with Gasteiger partial charge in [-0.1, -0.05) is 36.4 Å². The number of amides is 1. The Labute approximate surface area is 158 Å². The van der Waals surface area contributed by atoms with Crippen LogP contribution in [0, 0.1) is 6.92 Å². The summed E-state index contributed by atoms with van der Waals surface area (Å²) in [6.07, 6.45) is 0. The lowest BCUT2D eigenvalue weighted by atomic mass is 10.1. The summed E-state index contributed by atoms with van der Waals surface area (Å²) >= 11 is 0. The number of hydrogen-bond acceptors (Lipinski definition) is 3. The number of nitrogens with zero attached hydrogens (tertiary/aromatic N) is 1. The first-order valence-corrected chi connectivity index (χ1v) is 10.3. The van der Waals surface area contributed by atoms with Crippen LogP contribution < -0.4 is 9.62 Å². The molecule has 0 saturated carbocycles. The molecule has 5 nitrogen and oxygen atoms in total. The Morgan fingerprint density at radius 3 is 2.52 bits per heavy atom. The van der Waals surface area contributed by atoms with Gasteiger partial charge in [-0.05, 0) is 43.2 Å². The van der Waals surface area contributed by atoms with Crippen LogP contribution in [0.2, 0.25) is 0 Å². The Hall–Kier alpha value is -2.70. The Bertz CT molecular complexity index is 1170. The third kappa shape index (κ3) is 2.81. The molecule has 1 amide bonds. The highest BCUT2D eigenvalue weighted by atomic mass is 32.2. The van der Waals surface area contributed by atoms with Gasteiger partial charge in [0.15, 0.2) is 0 Å². The fraction of sp³-hybridized carbons (Fsp3) is 0.190. The van der Waals surface area contributed by atoms with Crippen molar-refractivity contribution in [3.63, 3.8) is 0 Å². The van der Waals surface area contributed by atoms with E-state index in [9.17, 15) is 13.2 Å². The zero-order valence-electron chi connectivity index (χ0n) is 15.2. The molecule has 1 N–H and O–H groups in total. The van der Waals surface area contributed by atoms with Gasteiger partial charge >= 0.3 is 0 Å². The van der Waals surface area contributed by atoms with Gasteiger partial charge in [0, 0.05) is 29.4 Å². The van der Waals surface area contributed by atoms with Crippen LogP contribution in [0.1, 0.15) is 28.4 Å². The van der Waals surface area contributed by atoms with Gasteiger partial charge in [0.05, 0.1) is 10.6 Å². The van der Waals surface area contributed by atoms with E-state index in [2.05, 4.69) is 4.72 Å². The summed E-state index contributed by atoms with van der Waals surface area (Å²) in [5, 5.41) is 1.29. The molecule has 0 fully saturated rings. The fourth-order valence-electron chi connectivity index (χ4n) is 3.63. The Balaban J connectivity index is 1.78. The molecule has 0 saturated heterocycles. The van der Waals surface area contributed by atoms with E-state index in [1.165, 1.54) is 0 Å². The maximum absolute atomic E-state index is 13.0. The predicted octanol–water partition coefficient (Wildman–Crippen LogP) is 3.61. The van der Waals surface area contributed by atoms with Gasteiger partial charge in [-0.25, -0.2) is 13.1 Å². The van der Waals surface area contributed by atoms with E-state index in [1.54, 1.807) is 35.2 Å². The molecule has 1 aliphatic rings. The normalized spacial score (nSPS) is 13.6. The molecule has 1 heterocycles. The lowest BCUT2D eigenvalue weighted by molar-refractivity contribution is 0.0994. The molecule has 0 aromatic heterocycles. The second-order valence-electron chi connectivity index (χ2n) is 6.61. The first kappa shape index (κ1) is 17.7. The second kappa shape index (κ2) is 6.48. The van der Waals surface area contributed by atoms with Crippen molar-refractivity contribution in [2.45, 2.75) is 25.3 Å². The molecule has 0 radical (unpaired) electrons. The van der Waals surface area contributed by atoms with E-state index in [0.29, 0.717) is 22.9 Å². The second-order valence-corrected chi connectivity index (χ2v) is 8.35. The molecule has 4 rings (SSSR count). The zero-order valence-corrected chi connectivity index (χ0v) is 16.0. The lowest BCUT2D eigenvalue weighted by Crippen LogP contribution is -2.26. The molecule has 3 aromatic rings. The summed E-state index contributed by atoms with van der Waals surface area (Å²) in [6, 6.07) is 16.2. The van der Waals surface area contributed by atoms with Crippen LogP contribution >= 0.6 is 0 Å². The average molecular weight is 380 g/mol. The highest BCUT2D eigenvalue weighted by Gasteiger charge is 2.31. The number of rotatable bonds is 5. The molecule has 0 bridgehead atoms. The summed E-state index contributed by atoms with van der Waals surface area (Å²) in [5.74, 6) is -0.0829. The third-order valence-electron chi connectivity index (χ3n) is 5.06. The smallest absolute Gasteiger partial charge is 0.258 e. The molecule has 27 heavy (non-hydrogen) atoms. The minimum atomic E-state index is -3.73. The number of carbonyl (C=O) groups is 1. The van der Waals surface area contributed by atoms with E-state index >= 15 is 0 Å². The van der Waals surface area contributed by atoms with Crippen LogP contribution in [-0.4, -0.2) is 20.9 Å². The van der Waals surface area contributed by atoms with Crippen molar-refractivity contribution >= 4 is 32.4 Å². The maximum Gasteiger partial charge on any atom is 0.258 e. The molecule has 0 unspecified atom stereocenters. The first-order valence-electron chi connectivity index (χ1n) is 8.86. The maximum atomic E-state index is 13.0. The molecule has 0 atom stereocenters. The molecular weight excluding hydrogens is 360 g/mol. The quantitative estimate of drug-likeness (QED) is 0.735. The zero-order chi connectivity index (χ0) is 19.2. The summed E-state index contributed by atoms with van der Waals surface area (Å²) in [6.45, 7) is 4.62. The summed E-state index contributed by atoms with van der Waals surface area (Å²) < 4.78 is 28.7. The van der Waals surface area contributed by atoms with Gasteiger partial charge in [0.1, 0.15) is 0 Å². The standard InChI is InChI=1S/C21H20N2O3S/c1-3-23-18-11-12-19(16-9-6-10-17(20(16)18)21(23)24)27(25,26)22-13-15-8-5-4-7-14(15)2/h4-12,22H,3,13H2,1-2H3. The molecule has 138 valence electrons. The third-order valence-corrected chi connectivity index (χ3v) is 6.52. The molecule has 1 aliphatic heterocycles. The number of aryl methyl sites for hydroxylation is 1. The molecular formula is C21H20N2O3S. The molecule has 0 aliphatic carbocycles. The molecule has 3 aromatic carbocycles. The van der Waals surface area contributed by atoms with Crippen LogP contribution in [0.4, 0.5) is 5.69 Å². The van der Waals surface area contributed by atoms with Crippen LogP contribution in [0.5, 0.6) is 0 Å². The van der Waals surface area contributed by atoms with E-state index in [4.69, 9.17) is 0 Å². The molecule has 0 spiro atoms. The summed E-state index contributed by atoms with van der Waals surface area (Å²) in [7, 11) is -3.73. The van der Waals surface area contributed by atoms with Gasteiger partial charge < -0.3 is 4.90 Å². The number of benzene rings is 3. The van der Waals surface area contributed by atoms with E-state index in [0.717, 1.165) is 16.8 Å². The SMILES string of the molecule is CCN1C(=O)c2cccc3c(S(=O)(=O)NCc4ccccc4C)ccc1c23. The van der Waals surface area contributed by atoms with Crippen LogP contribution in [0.3, 0.4) is 0 Å². The number of nitrogens with one attached hydrogen (secondary N) is 1. The first-order chi connectivity index (χ1) is 12.9. The van der Waals surface area contributed by atoms with Crippen molar-refractivity contribution < 1.29 is 13.2 Å². The minimum Gasteiger partial charge on any atom is -0.308 e. The van der Waals surface area contributed by atoms with E-state index in [1.807, 2.05) is 38.1 Å².